The molecule has 1 atom stereocenters. The number of halogens is 5. The van der Waals surface area contributed by atoms with E-state index in [0.717, 1.165) is 0 Å². The molecule has 0 saturated heterocycles. The van der Waals surface area contributed by atoms with Crippen LogP contribution in [0.15, 0.2) is 46.9 Å². The van der Waals surface area contributed by atoms with Crippen LogP contribution in [0, 0.1) is 0 Å². The van der Waals surface area contributed by atoms with E-state index in [1.165, 1.54) is 11.4 Å². The maximum absolute atomic E-state index is 13.1. The molecule has 1 aliphatic rings. The number of hydrogen-bond donors (Lipinski definition) is 1. The third kappa shape index (κ3) is 3.53. The minimum absolute atomic E-state index is 0.498. The number of hydrogen-bond acceptors (Lipinski definition) is 1. The van der Waals surface area contributed by atoms with Crippen molar-refractivity contribution in [2.75, 3.05) is 13.3 Å². The van der Waals surface area contributed by atoms with Crippen LogP contribution in [-0.2, 0) is 0 Å². The monoisotopic (exact) mass is 321 g/mol. The van der Waals surface area contributed by atoms with Gasteiger partial charge in [-0.2, -0.15) is 13.2 Å². The van der Waals surface area contributed by atoms with Crippen LogP contribution in [0.5, 0.6) is 0 Å². The molecule has 1 N–H and O–H groups in total. The van der Waals surface area contributed by atoms with Gasteiger partial charge in [0.05, 0.1) is 5.70 Å². The second-order valence-corrected chi connectivity index (χ2v) is 5.78. The molecule has 21 heavy (non-hydrogen) atoms. The highest BCUT2D eigenvalue weighted by Crippen LogP contribution is 2.42. The zero-order valence-electron chi connectivity index (χ0n) is 10.8. The molecule has 0 aliphatic carbocycles. The number of benzene rings is 1. The standard InChI is InChI=1S/C14H12F5NS/c15-8-11(9-16)13(14(17,18)19)21-7-6-12(20-21)10-4-2-1-3-5-10/h1-7,20H,8-9H2. The summed E-state index contributed by atoms with van der Waals surface area (Å²) in [4.78, 5) is -1.17. The Kier molecular flexibility index (Phi) is 4.82. The smallest absolute Gasteiger partial charge is 0.331 e. The van der Waals surface area contributed by atoms with Gasteiger partial charge in [-0.25, -0.2) is 8.78 Å². The zero-order chi connectivity index (χ0) is 15.5. The highest BCUT2D eigenvalue weighted by molar-refractivity contribution is 8.17. The van der Waals surface area contributed by atoms with Crippen LogP contribution >= 0.6 is 10.7 Å². The minimum Gasteiger partial charge on any atom is -0.331 e. The summed E-state index contributed by atoms with van der Waals surface area (Å²) < 4.78 is 67.2. The number of allylic oxidation sites excluding steroid dienone is 3. The van der Waals surface area contributed by atoms with Gasteiger partial charge in [-0.3, -0.25) is 0 Å². The van der Waals surface area contributed by atoms with Gasteiger partial charge < -0.3 is 4.72 Å². The van der Waals surface area contributed by atoms with Crippen LogP contribution < -0.4 is 4.72 Å². The van der Waals surface area contributed by atoms with E-state index in [-0.39, 0.29) is 0 Å². The number of alkyl halides is 5. The second-order valence-electron chi connectivity index (χ2n) is 4.22. The molecule has 0 amide bonds. The molecule has 1 nitrogen and oxygen atoms in total. The Morgan fingerprint density at radius 2 is 1.67 bits per heavy atom. The van der Waals surface area contributed by atoms with Crippen molar-refractivity contribution < 1.29 is 22.0 Å². The fraction of sp³-hybridized carbons (Fsp3) is 0.214. The van der Waals surface area contributed by atoms with Gasteiger partial charge in [0.1, 0.15) is 18.3 Å². The van der Waals surface area contributed by atoms with Crippen molar-refractivity contribution in [3.05, 3.63) is 52.4 Å². The van der Waals surface area contributed by atoms with Crippen LogP contribution in [0.25, 0.3) is 5.70 Å². The molecule has 2 rings (SSSR count). The summed E-state index contributed by atoms with van der Waals surface area (Å²) in [5, 5.41) is 1.29. The van der Waals surface area contributed by atoms with E-state index in [0.29, 0.717) is 11.3 Å². The molecule has 1 unspecified atom stereocenters. The van der Waals surface area contributed by atoms with E-state index < -0.39 is 40.7 Å². The van der Waals surface area contributed by atoms with Crippen LogP contribution in [-0.4, -0.2) is 24.9 Å². The number of nitrogens with one attached hydrogen (secondary N) is 1. The first-order chi connectivity index (χ1) is 9.97. The first-order valence-corrected chi connectivity index (χ1v) is 7.27. The van der Waals surface area contributed by atoms with E-state index in [1.54, 1.807) is 30.3 Å². The average molecular weight is 321 g/mol. The lowest BCUT2D eigenvalue weighted by Crippen LogP contribution is -2.18. The third-order valence-electron chi connectivity index (χ3n) is 2.80. The molecule has 1 aromatic carbocycles. The topological polar surface area (TPSA) is 12.0 Å². The van der Waals surface area contributed by atoms with Crippen LogP contribution in [0.2, 0.25) is 0 Å². The second kappa shape index (κ2) is 6.43. The van der Waals surface area contributed by atoms with E-state index in [4.69, 9.17) is 0 Å². The Bertz CT molecular complexity index is 596. The Morgan fingerprint density at radius 1 is 1.05 bits per heavy atom. The van der Waals surface area contributed by atoms with Gasteiger partial charge in [0, 0.05) is 5.57 Å². The molecule has 0 saturated carbocycles. The lowest BCUT2D eigenvalue weighted by molar-refractivity contribution is -0.0848. The SMILES string of the molecule is FCC(CF)=C(S1=CC=C(c2ccccc2)N1)C(F)(F)F. The highest BCUT2D eigenvalue weighted by Gasteiger charge is 2.39. The zero-order valence-corrected chi connectivity index (χ0v) is 11.6. The van der Waals surface area contributed by atoms with Crippen molar-refractivity contribution in [1.29, 1.82) is 0 Å². The predicted octanol–water partition coefficient (Wildman–Crippen LogP) is 4.37. The Morgan fingerprint density at radius 3 is 2.19 bits per heavy atom. The predicted molar refractivity (Wildman–Crippen MR) is 76.2 cm³/mol. The summed E-state index contributed by atoms with van der Waals surface area (Å²) in [6, 6.07) is 8.77. The molecule has 114 valence electrons. The first kappa shape index (κ1) is 15.8. The Balaban J connectivity index is 2.30. The van der Waals surface area contributed by atoms with E-state index in [1.807, 2.05) is 0 Å². The summed E-state index contributed by atoms with van der Waals surface area (Å²) in [6.07, 6.45) is -3.28. The molecule has 7 heteroatoms. The molecule has 0 spiro atoms. The summed E-state index contributed by atoms with van der Waals surface area (Å²) in [7, 11) is -1.59. The lowest BCUT2D eigenvalue weighted by Gasteiger charge is -2.19. The van der Waals surface area contributed by atoms with Crippen LogP contribution in [0.4, 0.5) is 22.0 Å². The maximum atomic E-state index is 13.1. The molecule has 1 aliphatic heterocycles. The summed E-state index contributed by atoms with van der Waals surface area (Å²) in [5.74, 6) is 0. The molecular formula is C14H12F5NS. The molecular weight excluding hydrogens is 309 g/mol. The van der Waals surface area contributed by atoms with Gasteiger partial charge in [0.15, 0.2) is 0 Å². The average Bonchev–Trinajstić information content (AvgIpc) is 2.93. The fourth-order valence-corrected chi connectivity index (χ4v) is 3.52. The van der Waals surface area contributed by atoms with Gasteiger partial charge in [-0.05, 0) is 17.0 Å². The summed E-state index contributed by atoms with van der Waals surface area (Å²) in [5.41, 5.74) is 0.349. The molecule has 0 aromatic heterocycles. The first-order valence-electron chi connectivity index (χ1n) is 5.99. The van der Waals surface area contributed by atoms with Crippen LogP contribution in [0.3, 0.4) is 0 Å². The van der Waals surface area contributed by atoms with E-state index in [9.17, 15) is 22.0 Å². The van der Waals surface area contributed by atoms with E-state index in [2.05, 4.69) is 4.72 Å². The third-order valence-corrected chi connectivity index (χ3v) is 4.60. The van der Waals surface area contributed by atoms with Crippen LogP contribution in [0.1, 0.15) is 5.56 Å². The molecule has 0 fully saturated rings. The van der Waals surface area contributed by atoms with Crippen molar-refractivity contribution in [2.45, 2.75) is 6.18 Å². The maximum Gasteiger partial charge on any atom is 0.423 e. The summed E-state index contributed by atoms with van der Waals surface area (Å²) >= 11 is 0. The summed E-state index contributed by atoms with van der Waals surface area (Å²) in [6.45, 7) is -2.91. The van der Waals surface area contributed by atoms with Gasteiger partial charge in [0.2, 0.25) is 0 Å². The highest BCUT2D eigenvalue weighted by atomic mass is 32.2. The molecule has 0 radical (unpaired) electrons. The number of rotatable bonds is 4. The van der Waals surface area contributed by atoms with Gasteiger partial charge in [-0.1, -0.05) is 41.0 Å². The fourth-order valence-electron chi connectivity index (χ4n) is 1.85. The van der Waals surface area contributed by atoms with Gasteiger partial charge in [0.25, 0.3) is 0 Å². The van der Waals surface area contributed by atoms with Crippen molar-refractivity contribution in [1.82, 2.24) is 4.72 Å². The molecule has 1 aromatic rings. The van der Waals surface area contributed by atoms with Crippen molar-refractivity contribution >= 4 is 21.7 Å². The van der Waals surface area contributed by atoms with Gasteiger partial charge in [-0.15, -0.1) is 0 Å². The normalized spacial score (nSPS) is 17.8. The molecule has 1 heterocycles. The Hall–Kier alpha value is -1.63. The Labute approximate surface area is 121 Å². The van der Waals surface area contributed by atoms with Crippen molar-refractivity contribution in [3.63, 3.8) is 0 Å². The largest absolute Gasteiger partial charge is 0.423 e. The minimum atomic E-state index is -4.78. The van der Waals surface area contributed by atoms with Crippen molar-refractivity contribution in [3.8, 4) is 0 Å². The molecule has 0 bridgehead atoms. The quantitative estimate of drug-likeness (QED) is 0.641. The van der Waals surface area contributed by atoms with E-state index >= 15 is 0 Å². The van der Waals surface area contributed by atoms with Gasteiger partial charge >= 0.3 is 6.18 Å². The van der Waals surface area contributed by atoms with Crippen molar-refractivity contribution in [2.24, 2.45) is 0 Å². The lowest BCUT2D eigenvalue weighted by atomic mass is 10.2.